The third-order valence-electron chi connectivity index (χ3n) is 3.37. The van der Waals surface area contributed by atoms with Gasteiger partial charge in [0.15, 0.2) is 5.11 Å². The fourth-order valence-corrected chi connectivity index (χ4v) is 4.07. The number of carbonyl (C=O) groups excluding carboxylic acids is 1. The first-order chi connectivity index (χ1) is 13.2. The second-order valence-corrected chi connectivity index (χ2v) is 8.37. The number of carboxylic acid groups (broad SMARTS) is 1. The number of aromatic carboxylic acids is 1. The summed E-state index contributed by atoms with van der Waals surface area (Å²) in [6, 6.07) is 8.49. The Morgan fingerprint density at radius 1 is 1.14 bits per heavy atom. The summed E-state index contributed by atoms with van der Waals surface area (Å²) in [6.45, 7) is 0. The molecule has 0 bridgehead atoms. The molecule has 0 saturated carbocycles. The van der Waals surface area contributed by atoms with Crippen LogP contribution in [-0.4, -0.2) is 29.2 Å². The molecule has 0 radical (unpaired) electrons. The van der Waals surface area contributed by atoms with E-state index in [0.717, 1.165) is 4.47 Å². The van der Waals surface area contributed by atoms with E-state index in [2.05, 4.69) is 58.4 Å². The Morgan fingerprint density at radius 2 is 1.86 bits per heavy atom. The van der Waals surface area contributed by atoms with E-state index in [1.807, 2.05) is 6.07 Å². The molecule has 3 N–H and O–H groups in total. The number of halogens is 3. The van der Waals surface area contributed by atoms with Crippen LogP contribution in [0.15, 0.2) is 49.8 Å². The number of benzene rings is 2. The molecular weight excluding hydrogens is 580 g/mol. The smallest absolute Gasteiger partial charge is 0.337 e. The van der Waals surface area contributed by atoms with Gasteiger partial charge in [0.05, 0.1) is 18.4 Å². The number of nitrogens with one attached hydrogen (secondary N) is 2. The van der Waals surface area contributed by atoms with E-state index in [-0.39, 0.29) is 16.4 Å². The number of thiocarbonyl (C=S) groups is 1. The number of carboxylic acids is 1. The largest absolute Gasteiger partial charge is 0.496 e. The normalized spacial score (nSPS) is 10.6. The molecule has 0 heterocycles. The van der Waals surface area contributed by atoms with Crippen LogP contribution in [0.5, 0.6) is 5.75 Å². The summed E-state index contributed by atoms with van der Waals surface area (Å²) in [5, 5.41) is 14.5. The third-order valence-corrected chi connectivity index (χ3v) is 5.15. The maximum Gasteiger partial charge on any atom is 0.337 e. The topological polar surface area (TPSA) is 87.7 Å². The summed E-state index contributed by atoms with van der Waals surface area (Å²) < 4.78 is 7.15. The Hall–Kier alpha value is -1.75. The fourth-order valence-electron chi connectivity index (χ4n) is 2.17. The number of ether oxygens (including phenoxy) is 1. The number of carbonyl (C=O) groups is 2. The van der Waals surface area contributed by atoms with Crippen LogP contribution in [0.25, 0.3) is 6.08 Å². The maximum atomic E-state index is 12.1. The number of anilines is 1. The van der Waals surface area contributed by atoms with Gasteiger partial charge in [-0.3, -0.25) is 10.1 Å². The van der Waals surface area contributed by atoms with E-state index >= 15 is 0 Å². The van der Waals surface area contributed by atoms with Gasteiger partial charge in [0.2, 0.25) is 5.91 Å². The predicted octanol–water partition coefficient (Wildman–Crippen LogP) is 5.21. The van der Waals surface area contributed by atoms with E-state index in [1.54, 1.807) is 24.3 Å². The van der Waals surface area contributed by atoms with Crippen molar-refractivity contribution < 1.29 is 19.4 Å². The SMILES string of the molecule is COc1ccc(Br)cc1C=CC(=O)NC(=S)Nc1c(Br)cc(Br)cc1C(=O)O. The minimum absolute atomic E-state index is 0.00716. The summed E-state index contributed by atoms with van der Waals surface area (Å²) in [4.78, 5) is 23.6. The van der Waals surface area contributed by atoms with Gasteiger partial charge in [-0.2, -0.15) is 0 Å². The summed E-state index contributed by atoms with van der Waals surface area (Å²) in [5.41, 5.74) is 0.931. The first kappa shape index (κ1) is 22.5. The van der Waals surface area contributed by atoms with Crippen molar-refractivity contribution in [1.82, 2.24) is 5.32 Å². The second kappa shape index (κ2) is 10.1. The number of hydrogen-bond acceptors (Lipinski definition) is 4. The van der Waals surface area contributed by atoms with Crippen LogP contribution in [-0.2, 0) is 4.79 Å². The van der Waals surface area contributed by atoms with Crippen LogP contribution < -0.4 is 15.4 Å². The Labute approximate surface area is 191 Å². The van der Waals surface area contributed by atoms with Crippen molar-refractivity contribution in [2.24, 2.45) is 0 Å². The molecule has 0 aliphatic carbocycles. The third kappa shape index (κ3) is 6.13. The lowest BCUT2D eigenvalue weighted by atomic mass is 10.2. The zero-order valence-corrected chi connectivity index (χ0v) is 19.8. The van der Waals surface area contributed by atoms with E-state index < -0.39 is 11.9 Å². The van der Waals surface area contributed by atoms with Crippen LogP contribution in [0, 0.1) is 0 Å². The molecule has 10 heteroatoms. The lowest BCUT2D eigenvalue weighted by Crippen LogP contribution is -2.33. The minimum Gasteiger partial charge on any atom is -0.496 e. The highest BCUT2D eigenvalue weighted by molar-refractivity contribution is 9.11. The molecule has 0 aliphatic rings. The van der Waals surface area contributed by atoms with Crippen molar-refractivity contribution in [3.05, 3.63) is 61.0 Å². The molecule has 0 spiro atoms. The summed E-state index contributed by atoms with van der Waals surface area (Å²) in [6.07, 6.45) is 2.88. The Balaban J connectivity index is 2.11. The van der Waals surface area contributed by atoms with E-state index in [4.69, 9.17) is 17.0 Å². The van der Waals surface area contributed by atoms with Gasteiger partial charge in [-0.05, 0) is 64.6 Å². The van der Waals surface area contributed by atoms with Gasteiger partial charge in [-0.15, -0.1) is 0 Å². The summed E-state index contributed by atoms with van der Waals surface area (Å²) in [5.74, 6) is -1.01. The van der Waals surface area contributed by atoms with E-state index in [0.29, 0.717) is 20.3 Å². The number of methoxy groups -OCH3 is 1. The Morgan fingerprint density at radius 3 is 2.50 bits per heavy atom. The second-order valence-electron chi connectivity index (χ2n) is 5.28. The van der Waals surface area contributed by atoms with Gasteiger partial charge in [0, 0.05) is 25.1 Å². The predicted molar refractivity (Wildman–Crippen MR) is 123 cm³/mol. The fraction of sp³-hybridized carbons (Fsp3) is 0.0556. The van der Waals surface area contributed by atoms with Crippen molar-refractivity contribution in [2.45, 2.75) is 0 Å². The highest BCUT2D eigenvalue weighted by atomic mass is 79.9. The van der Waals surface area contributed by atoms with Crippen LogP contribution in [0.4, 0.5) is 5.69 Å². The van der Waals surface area contributed by atoms with Crippen molar-refractivity contribution in [2.75, 3.05) is 12.4 Å². The molecule has 0 fully saturated rings. The molecule has 6 nitrogen and oxygen atoms in total. The van der Waals surface area contributed by atoms with Crippen LogP contribution >= 0.6 is 60.0 Å². The quantitative estimate of drug-likeness (QED) is 0.327. The number of rotatable bonds is 5. The molecule has 0 aromatic heterocycles. The number of amides is 1. The molecule has 146 valence electrons. The molecule has 0 aliphatic heterocycles. The Kier molecular flexibility index (Phi) is 8.17. The van der Waals surface area contributed by atoms with Gasteiger partial charge >= 0.3 is 5.97 Å². The van der Waals surface area contributed by atoms with Crippen molar-refractivity contribution in [3.63, 3.8) is 0 Å². The highest BCUT2D eigenvalue weighted by Gasteiger charge is 2.16. The molecule has 2 rings (SSSR count). The molecule has 1 amide bonds. The van der Waals surface area contributed by atoms with Gasteiger partial charge < -0.3 is 15.2 Å². The lowest BCUT2D eigenvalue weighted by Gasteiger charge is -2.13. The first-order valence-electron chi connectivity index (χ1n) is 7.57. The molecule has 0 unspecified atom stereocenters. The van der Waals surface area contributed by atoms with Crippen LogP contribution in [0.2, 0.25) is 0 Å². The molecule has 0 atom stereocenters. The highest BCUT2D eigenvalue weighted by Crippen LogP contribution is 2.31. The van der Waals surface area contributed by atoms with Gasteiger partial charge in [0.25, 0.3) is 0 Å². The van der Waals surface area contributed by atoms with E-state index in [1.165, 1.54) is 19.3 Å². The van der Waals surface area contributed by atoms with Gasteiger partial charge in [0.1, 0.15) is 5.75 Å². The molecular formula is C18H13Br3N2O4S. The maximum absolute atomic E-state index is 12.1. The standard InChI is InChI=1S/C18H13Br3N2O4S/c1-27-14-4-3-10(19)6-9(14)2-5-15(24)22-18(28)23-16-12(17(25)26)7-11(20)8-13(16)21/h2-8H,1H3,(H,25,26)(H2,22,23,24,28). The van der Waals surface area contributed by atoms with E-state index in [9.17, 15) is 14.7 Å². The monoisotopic (exact) mass is 590 g/mol. The molecule has 2 aromatic carbocycles. The number of hydrogen-bond donors (Lipinski definition) is 3. The van der Waals surface area contributed by atoms with Crippen molar-refractivity contribution >= 4 is 88.8 Å². The van der Waals surface area contributed by atoms with Gasteiger partial charge in [-0.1, -0.05) is 31.9 Å². The zero-order chi connectivity index (χ0) is 20.8. The minimum atomic E-state index is -1.14. The van der Waals surface area contributed by atoms with Crippen molar-refractivity contribution in [1.29, 1.82) is 0 Å². The van der Waals surface area contributed by atoms with Crippen molar-refractivity contribution in [3.8, 4) is 5.75 Å². The summed E-state index contributed by atoms with van der Waals surface area (Å²) >= 11 is 15.0. The molecule has 28 heavy (non-hydrogen) atoms. The first-order valence-corrected chi connectivity index (χ1v) is 10.4. The summed E-state index contributed by atoms with van der Waals surface area (Å²) in [7, 11) is 1.54. The lowest BCUT2D eigenvalue weighted by molar-refractivity contribution is -0.115. The average molecular weight is 593 g/mol. The molecule has 2 aromatic rings. The van der Waals surface area contributed by atoms with Crippen LogP contribution in [0.1, 0.15) is 15.9 Å². The zero-order valence-electron chi connectivity index (χ0n) is 14.3. The van der Waals surface area contributed by atoms with Crippen LogP contribution in [0.3, 0.4) is 0 Å². The van der Waals surface area contributed by atoms with Gasteiger partial charge in [-0.25, -0.2) is 4.79 Å². The Bertz CT molecular complexity index is 980. The molecule has 0 saturated heterocycles. The average Bonchev–Trinajstić information content (AvgIpc) is 2.61.